The molecular weight excluding hydrogens is 420 g/mol. The maximum atomic E-state index is 12.9. The quantitative estimate of drug-likeness (QED) is 0.268. The molecule has 0 fully saturated rings. The van der Waals surface area contributed by atoms with Gasteiger partial charge in [-0.2, -0.15) is 0 Å². The van der Waals surface area contributed by atoms with E-state index in [1.54, 1.807) is 18.2 Å². The van der Waals surface area contributed by atoms with E-state index in [-0.39, 0.29) is 49.5 Å². The van der Waals surface area contributed by atoms with Crippen molar-refractivity contribution in [3.8, 4) is 0 Å². The Morgan fingerprint density at radius 1 is 0.935 bits per heavy atom. The predicted molar refractivity (Wildman–Crippen MR) is 119 cm³/mol. The second-order valence-electron chi connectivity index (χ2n) is 6.84. The van der Waals surface area contributed by atoms with E-state index in [9.17, 15) is 14.4 Å². The Morgan fingerprint density at radius 2 is 1.68 bits per heavy atom. The van der Waals surface area contributed by atoms with Gasteiger partial charge in [0.25, 0.3) is 0 Å². The number of fused-ring (bicyclic) bond motifs is 2. The summed E-state index contributed by atoms with van der Waals surface area (Å²) in [7, 11) is 0. The third kappa shape index (κ3) is 6.10. The monoisotopic (exact) mass is 444 g/mol. The lowest BCUT2D eigenvalue weighted by atomic mass is 10.1. The first-order valence-corrected chi connectivity index (χ1v) is 10.7. The van der Waals surface area contributed by atoms with Crippen molar-refractivity contribution in [1.29, 1.82) is 0 Å². The van der Waals surface area contributed by atoms with E-state index in [0.717, 1.165) is 9.40 Å². The van der Waals surface area contributed by atoms with Gasteiger partial charge in [-0.3, -0.25) is 9.59 Å². The van der Waals surface area contributed by atoms with Crippen molar-refractivity contribution in [2.24, 2.45) is 0 Å². The summed E-state index contributed by atoms with van der Waals surface area (Å²) in [5.41, 5.74) is 0.0829. The van der Waals surface area contributed by atoms with E-state index in [0.29, 0.717) is 17.4 Å². The summed E-state index contributed by atoms with van der Waals surface area (Å²) in [5, 5.41) is 0.971. The van der Waals surface area contributed by atoms with Gasteiger partial charge in [0.05, 0.1) is 36.9 Å². The van der Waals surface area contributed by atoms with Crippen LogP contribution >= 0.6 is 11.3 Å². The van der Waals surface area contributed by atoms with Gasteiger partial charge >= 0.3 is 11.9 Å². The fraction of sp³-hybridized carbons (Fsp3) is 0.348. The lowest BCUT2D eigenvalue weighted by Gasteiger charge is -2.13. The summed E-state index contributed by atoms with van der Waals surface area (Å²) < 4.78 is 22.6. The Kier molecular flexibility index (Phi) is 8.11. The molecule has 0 amide bonds. The largest absolute Gasteiger partial charge is 0.463 e. The van der Waals surface area contributed by atoms with Crippen LogP contribution in [0.15, 0.2) is 47.3 Å². The minimum atomic E-state index is -0.556. The molecule has 0 N–H and O–H groups in total. The van der Waals surface area contributed by atoms with Crippen LogP contribution in [0.2, 0.25) is 0 Å². The Bertz CT molecular complexity index is 1120. The maximum Gasteiger partial charge on any atom is 0.339 e. The Labute approximate surface area is 183 Å². The van der Waals surface area contributed by atoms with E-state index in [1.807, 2.05) is 31.2 Å². The lowest BCUT2D eigenvalue weighted by molar-refractivity contribution is -0.143. The van der Waals surface area contributed by atoms with Crippen LogP contribution in [-0.2, 0) is 23.7 Å². The topological polar surface area (TPSA) is 88.1 Å². The van der Waals surface area contributed by atoms with E-state index < -0.39 is 5.97 Å². The van der Waals surface area contributed by atoms with Crippen molar-refractivity contribution in [1.82, 2.24) is 0 Å². The molecule has 2 aromatic carbocycles. The van der Waals surface area contributed by atoms with Gasteiger partial charge in [0.2, 0.25) is 0 Å². The molecule has 31 heavy (non-hydrogen) atoms. The summed E-state index contributed by atoms with van der Waals surface area (Å²) in [4.78, 5) is 36.2. The van der Waals surface area contributed by atoms with Crippen LogP contribution in [0.3, 0.4) is 0 Å². The molecule has 0 saturated carbocycles. The zero-order chi connectivity index (χ0) is 22.2. The zero-order valence-electron chi connectivity index (χ0n) is 17.4. The highest BCUT2D eigenvalue weighted by Crippen LogP contribution is 2.26. The molecule has 1 aromatic heterocycles. The molecule has 0 aliphatic heterocycles. The summed E-state index contributed by atoms with van der Waals surface area (Å²) in [6.45, 7) is 4.21. The van der Waals surface area contributed by atoms with Gasteiger partial charge in [-0.1, -0.05) is 18.2 Å². The van der Waals surface area contributed by atoms with E-state index >= 15 is 0 Å². The summed E-state index contributed by atoms with van der Waals surface area (Å²) in [6, 6.07) is 12.5. The highest BCUT2D eigenvalue weighted by molar-refractivity contribution is 7.24. The van der Waals surface area contributed by atoms with Crippen LogP contribution in [0, 0.1) is 0 Å². The van der Waals surface area contributed by atoms with Gasteiger partial charge in [-0.15, -0.1) is 11.3 Å². The molecule has 0 bridgehead atoms. The molecule has 0 aliphatic carbocycles. The van der Waals surface area contributed by atoms with Gasteiger partial charge in [0, 0.05) is 21.7 Å². The minimum Gasteiger partial charge on any atom is -0.463 e. The number of hydrogen-bond donors (Lipinski definition) is 0. The van der Waals surface area contributed by atoms with Gasteiger partial charge in [0.15, 0.2) is 5.43 Å². The molecule has 1 atom stereocenters. The summed E-state index contributed by atoms with van der Waals surface area (Å²) in [6.07, 6.45) is -0.192. The number of benzene rings is 2. The molecule has 7 nitrogen and oxygen atoms in total. The first kappa shape index (κ1) is 22.9. The van der Waals surface area contributed by atoms with E-state index in [1.165, 1.54) is 18.3 Å². The molecule has 3 rings (SSSR count). The van der Waals surface area contributed by atoms with Gasteiger partial charge < -0.3 is 18.9 Å². The van der Waals surface area contributed by atoms with Gasteiger partial charge in [-0.05, 0) is 31.2 Å². The highest BCUT2D eigenvalue weighted by Gasteiger charge is 2.16. The summed E-state index contributed by atoms with van der Waals surface area (Å²) >= 11 is 1.47. The maximum absolute atomic E-state index is 12.9. The molecule has 3 aromatic rings. The smallest absolute Gasteiger partial charge is 0.339 e. The first-order valence-electron chi connectivity index (χ1n) is 9.91. The number of esters is 2. The van der Waals surface area contributed by atoms with Crippen molar-refractivity contribution in [2.45, 2.75) is 20.0 Å². The summed E-state index contributed by atoms with van der Waals surface area (Å²) in [5.74, 6) is -0.905. The van der Waals surface area contributed by atoms with Crippen LogP contribution in [-0.4, -0.2) is 51.1 Å². The normalized spacial score (nSPS) is 12.1. The number of carbonyl (C=O) groups excluding carboxylic acids is 2. The van der Waals surface area contributed by atoms with Crippen LogP contribution in [0.25, 0.3) is 20.2 Å². The number of rotatable bonds is 10. The molecule has 0 spiro atoms. The standard InChI is InChI=1S/C23H24O7S/c1-15(28-12-13-29-16(2)24)14-27-10-11-30-23(26)18-7-5-9-20-21(18)22(25)17-6-3-4-8-19(17)31-20/h3-9,15H,10-14H2,1-2H3. The molecule has 0 radical (unpaired) electrons. The molecule has 8 heteroatoms. The lowest BCUT2D eigenvalue weighted by Crippen LogP contribution is -2.21. The van der Waals surface area contributed by atoms with Crippen LogP contribution < -0.4 is 5.43 Å². The predicted octanol–water partition coefficient (Wildman–Crippen LogP) is 3.56. The molecule has 0 aliphatic rings. The van der Waals surface area contributed by atoms with Crippen LogP contribution in [0.1, 0.15) is 24.2 Å². The van der Waals surface area contributed by atoms with Gasteiger partial charge in [0.1, 0.15) is 13.2 Å². The third-order valence-corrected chi connectivity index (χ3v) is 5.57. The Morgan fingerprint density at radius 3 is 2.48 bits per heavy atom. The molecule has 164 valence electrons. The molecular formula is C23H24O7S. The highest BCUT2D eigenvalue weighted by atomic mass is 32.1. The average molecular weight is 445 g/mol. The van der Waals surface area contributed by atoms with Crippen molar-refractivity contribution >= 4 is 43.4 Å². The fourth-order valence-corrected chi connectivity index (χ4v) is 4.13. The van der Waals surface area contributed by atoms with Gasteiger partial charge in [-0.25, -0.2) is 4.79 Å². The minimum absolute atomic E-state index is 0.0561. The Balaban J connectivity index is 1.53. The van der Waals surface area contributed by atoms with Crippen molar-refractivity contribution in [3.63, 3.8) is 0 Å². The van der Waals surface area contributed by atoms with Crippen LogP contribution in [0.5, 0.6) is 0 Å². The zero-order valence-corrected chi connectivity index (χ0v) is 18.2. The van der Waals surface area contributed by atoms with E-state index in [4.69, 9.17) is 18.9 Å². The fourth-order valence-electron chi connectivity index (χ4n) is 3.02. The first-order chi connectivity index (χ1) is 15.0. The van der Waals surface area contributed by atoms with Crippen molar-refractivity contribution in [2.75, 3.05) is 33.0 Å². The number of hydrogen-bond acceptors (Lipinski definition) is 8. The molecule has 1 heterocycles. The SMILES string of the molecule is CC(=O)OCCOC(C)COCCOC(=O)c1cccc2sc3ccccc3c(=O)c12. The third-order valence-electron chi connectivity index (χ3n) is 4.43. The number of carbonyl (C=O) groups is 2. The number of ether oxygens (including phenoxy) is 4. The Hall–Kier alpha value is -2.81. The van der Waals surface area contributed by atoms with Crippen molar-refractivity contribution in [3.05, 3.63) is 58.3 Å². The average Bonchev–Trinajstić information content (AvgIpc) is 2.76. The molecule has 1 unspecified atom stereocenters. The van der Waals surface area contributed by atoms with Crippen LogP contribution in [0.4, 0.5) is 0 Å². The second-order valence-corrected chi connectivity index (χ2v) is 7.92. The molecule has 0 saturated heterocycles. The van der Waals surface area contributed by atoms with E-state index in [2.05, 4.69) is 0 Å². The second kappa shape index (κ2) is 11.0. The van der Waals surface area contributed by atoms with Crippen molar-refractivity contribution < 1.29 is 28.5 Å².